The van der Waals surface area contributed by atoms with Gasteiger partial charge < -0.3 is 4.74 Å². The Bertz CT molecular complexity index is 353. The van der Waals surface area contributed by atoms with Crippen molar-refractivity contribution in [2.75, 3.05) is 6.61 Å². The van der Waals surface area contributed by atoms with Gasteiger partial charge in [-0.3, -0.25) is 4.79 Å². The number of hydrogen-bond acceptors (Lipinski definition) is 2. The van der Waals surface area contributed by atoms with Crippen LogP contribution in [0.5, 0.6) is 0 Å². The molecule has 0 amide bonds. The average molecular weight is 176 g/mol. The molecule has 0 unspecified atom stereocenters. The Labute approximate surface area is 77.5 Å². The Morgan fingerprint density at radius 3 is 2.69 bits per heavy atom. The molecule has 0 spiro atoms. The first-order valence-corrected chi connectivity index (χ1v) is 4.38. The zero-order valence-corrected chi connectivity index (χ0v) is 7.83. The van der Waals surface area contributed by atoms with Crippen LogP contribution in [0, 0.1) is 0 Å². The van der Waals surface area contributed by atoms with Gasteiger partial charge in [0.15, 0.2) is 5.78 Å². The van der Waals surface area contributed by atoms with E-state index in [1.807, 2.05) is 38.1 Å². The van der Waals surface area contributed by atoms with Gasteiger partial charge >= 0.3 is 0 Å². The minimum absolute atomic E-state index is 0.0786. The highest BCUT2D eigenvalue weighted by atomic mass is 16.5. The zero-order valence-electron chi connectivity index (χ0n) is 7.83. The van der Waals surface area contributed by atoms with Crippen molar-refractivity contribution < 1.29 is 9.53 Å². The molecule has 0 aromatic heterocycles. The van der Waals surface area contributed by atoms with Gasteiger partial charge in [-0.05, 0) is 19.4 Å². The van der Waals surface area contributed by atoms with Crippen LogP contribution in [0.3, 0.4) is 0 Å². The first-order chi connectivity index (χ1) is 6.11. The molecule has 0 aliphatic carbocycles. The molecule has 68 valence electrons. The van der Waals surface area contributed by atoms with Crippen LogP contribution in [0.2, 0.25) is 0 Å². The second kappa shape index (κ2) is 2.67. The highest BCUT2D eigenvalue weighted by Gasteiger charge is 2.31. The van der Waals surface area contributed by atoms with Crippen LogP contribution < -0.4 is 0 Å². The summed E-state index contributed by atoms with van der Waals surface area (Å²) in [4.78, 5) is 11.4. The minimum Gasteiger partial charge on any atom is -0.363 e. The van der Waals surface area contributed by atoms with Crippen LogP contribution in [0.4, 0.5) is 0 Å². The Balaban J connectivity index is 2.61. The first-order valence-electron chi connectivity index (χ1n) is 4.38. The van der Waals surface area contributed by atoms with E-state index < -0.39 is 0 Å². The van der Waals surface area contributed by atoms with Crippen LogP contribution in [-0.2, 0) is 10.3 Å². The first kappa shape index (κ1) is 8.45. The van der Waals surface area contributed by atoms with E-state index in [2.05, 4.69) is 0 Å². The fourth-order valence-corrected chi connectivity index (χ4v) is 1.65. The SMILES string of the molecule is CC1(C)OCC(=O)c2ccccc21. The van der Waals surface area contributed by atoms with Crippen molar-refractivity contribution in [2.45, 2.75) is 19.4 Å². The van der Waals surface area contributed by atoms with Crippen LogP contribution in [0.15, 0.2) is 24.3 Å². The number of ether oxygens (including phenoxy) is 1. The summed E-state index contributed by atoms with van der Waals surface area (Å²) in [7, 11) is 0. The summed E-state index contributed by atoms with van der Waals surface area (Å²) in [6, 6.07) is 7.63. The lowest BCUT2D eigenvalue weighted by Gasteiger charge is -2.31. The lowest BCUT2D eigenvalue weighted by molar-refractivity contribution is -0.0219. The molecule has 1 aromatic carbocycles. The van der Waals surface area contributed by atoms with Gasteiger partial charge in [0, 0.05) is 5.56 Å². The third-order valence-corrected chi connectivity index (χ3v) is 2.44. The normalized spacial score (nSPS) is 19.7. The van der Waals surface area contributed by atoms with Crippen molar-refractivity contribution in [1.82, 2.24) is 0 Å². The van der Waals surface area contributed by atoms with E-state index in [4.69, 9.17) is 4.74 Å². The van der Waals surface area contributed by atoms with E-state index in [0.29, 0.717) is 0 Å². The van der Waals surface area contributed by atoms with E-state index in [0.717, 1.165) is 11.1 Å². The zero-order chi connectivity index (χ0) is 9.47. The fraction of sp³-hybridized carbons (Fsp3) is 0.364. The Morgan fingerprint density at radius 1 is 1.31 bits per heavy atom. The summed E-state index contributed by atoms with van der Waals surface area (Å²) >= 11 is 0. The highest BCUT2D eigenvalue weighted by Crippen LogP contribution is 2.31. The summed E-state index contributed by atoms with van der Waals surface area (Å²) in [6.07, 6.45) is 0. The van der Waals surface area contributed by atoms with Crippen molar-refractivity contribution in [2.24, 2.45) is 0 Å². The maximum absolute atomic E-state index is 11.4. The molecule has 13 heavy (non-hydrogen) atoms. The lowest BCUT2D eigenvalue weighted by atomic mass is 9.89. The summed E-state index contributed by atoms with van der Waals surface area (Å²) in [6.45, 7) is 4.17. The van der Waals surface area contributed by atoms with Crippen LogP contribution in [-0.4, -0.2) is 12.4 Å². The second-order valence-electron chi connectivity index (χ2n) is 3.77. The number of ketones is 1. The molecule has 1 aliphatic rings. The van der Waals surface area contributed by atoms with Crippen LogP contribution in [0.1, 0.15) is 29.8 Å². The van der Waals surface area contributed by atoms with Gasteiger partial charge in [-0.1, -0.05) is 24.3 Å². The molecule has 0 saturated heterocycles. The van der Waals surface area contributed by atoms with Gasteiger partial charge in [-0.2, -0.15) is 0 Å². The van der Waals surface area contributed by atoms with Gasteiger partial charge in [0.1, 0.15) is 6.61 Å². The number of benzene rings is 1. The molecule has 0 fully saturated rings. The van der Waals surface area contributed by atoms with Gasteiger partial charge in [0.25, 0.3) is 0 Å². The third-order valence-electron chi connectivity index (χ3n) is 2.44. The Hall–Kier alpha value is -1.15. The molecular weight excluding hydrogens is 164 g/mol. The number of rotatable bonds is 0. The van der Waals surface area contributed by atoms with E-state index in [1.165, 1.54) is 0 Å². The summed E-state index contributed by atoms with van der Waals surface area (Å²) < 4.78 is 5.45. The van der Waals surface area contributed by atoms with Crippen LogP contribution >= 0.6 is 0 Å². The number of fused-ring (bicyclic) bond motifs is 1. The van der Waals surface area contributed by atoms with Crippen molar-refractivity contribution in [3.63, 3.8) is 0 Å². The predicted molar refractivity (Wildman–Crippen MR) is 49.8 cm³/mol. The quantitative estimate of drug-likeness (QED) is 0.605. The van der Waals surface area contributed by atoms with Gasteiger partial charge in [0.05, 0.1) is 5.60 Å². The molecule has 1 aromatic rings. The predicted octanol–water partition coefficient (Wildman–Crippen LogP) is 2.13. The standard InChI is InChI=1S/C11H12O2/c1-11(2)9-6-4-3-5-8(9)10(12)7-13-11/h3-6H,7H2,1-2H3. The van der Waals surface area contributed by atoms with Gasteiger partial charge in [0.2, 0.25) is 0 Å². The maximum Gasteiger partial charge on any atom is 0.188 e. The Kier molecular flexibility index (Phi) is 1.74. The number of hydrogen-bond donors (Lipinski definition) is 0. The van der Waals surface area contributed by atoms with Crippen LogP contribution in [0.25, 0.3) is 0 Å². The minimum atomic E-state index is -0.329. The van der Waals surface area contributed by atoms with Crippen molar-refractivity contribution >= 4 is 5.78 Å². The summed E-state index contributed by atoms with van der Waals surface area (Å²) in [5.41, 5.74) is 1.47. The smallest absolute Gasteiger partial charge is 0.188 e. The maximum atomic E-state index is 11.4. The fourth-order valence-electron chi connectivity index (χ4n) is 1.65. The lowest BCUT2D eigenvalue weighted by Crippen LogP contribution is -2.33. The molecule has 0 N–H and O–H groups in total. The molecule has 0 atom stereocenters. The van der Waals surface area contributed by atoms with E-state index >= 15 is 0 Å². The van der Waals surface area contributed by atoms with E-state index in [-0.39, 0.29) is 18.0 Å². The van der Waals surface area contributed by atoms with Gasteiger partial charge in [-0.15, -0.1) is 0 Å². The molecule has 2 rings (SSSR count). The largest absolute Gasteiger partial charge is 0.363 e. The molecule has 2 heteroatoms. The van der Waals surface area contributed by atoms with E-state index in [9.17, 15) is 4.79 Å². The van der Waals surface area contributed by atoms with Gasteiger partial charge in [-0.25, -0.2) is 0 Å². The van der Waals surface area contributed by atoms with Crippen molar-refractivity contribution in [3.05, 3.63) is 35.4 Å². The van der Waals surface area contributed by atoms with Crippen molar-refractivity contribution in [1.29, 1.82) is 0 Å². The number of Topliss-reactive ketones (excluding diaryl/α,β-unsaturated/α-hetero) is 1. The molecule has 0 saturated carbocycles. The average Bonchev–Trinajstić information content (AvgIpc) is 2.13. The molecule has 0 radical (unpaired) electrons. The highest BCUT2D eigenvalue weighted by molar-refractivity contribution is 5.99. The Morgan fingerprint density at radius 2 is 2.00 bits per heavy atom. The number of carbonyl (C=O) groups is 1. The summed E-state index contributed by atoms with van der Waals surface area (Å²) in [5.74, 6) is 0.0786. The molecule has 1 aliphatic heterocycles. The third kappa shape index (κ3) is 1.27. The summed E-state index contributed by atoms with van der Waals surface area (Å²) in [5, 5.41) is 0. The van der Waals surface area contributed by atoms with Crippen molar-refractivity contribution in [3.8, 4) is 0 Å². The second-order valence-corrected chi connectivity index (χ2v) is 3.77. The molecule has 0 bridgehead atoms. The molecule has 2 nitrogen and oxygen atoms in total. The van der Waals surface area contributed by atoms with E-state index in [1.54, 1.807) is 0 Å². The number of carbonyl (C=O) groups excluding carboxylic acids is 1. The molecule has 1 heterocycles. The molecular formula is C11H12O2. The topological polar surface area (TPSA) is 26.3 Å². The monoisotopic (exact) mass is 176 g/mol.